The van der Waals surface area contributed by atoms with Gasteiger partial charge >= 0.3 is 0 Å². The molecule has 86 valence electrons. The summed E-state index contributed by atoms with van der Waals surface area (Å²) in [4.78, 5) is 4.46. The Morgan fingerprint density at radius 2 is 2.35 bits per heavy atom. The lowest BCUT2D eigenvalue weighted by Crippen LogP contribution is -1.99. The molecule has 0 spiro atoms. The molecule has 3 aromatic rings. The van der Waals surface area contributed by atoms with Crippen LogP contribution in [0.1, 0.15) is 11.1 Å². The average Bonchev–Trinajstić information content (AvgIpc) is 2.95. The Hall–Kier alpha value is -1.88. The van der Waals surface area contributed by atoms with Crippen molar-refractivity contribution >= 4 is 22.9 Å². The molecule has 0 saturated heterocycles. The second-order valence-electron chi connectivity index (χ2n) is 3.88. The maximum absolute atomic E-state index is 4.46. The second kappa shape index (κ2) is 4.18. The zero-order chi connectivity index (χ0) is 11.7. The number of hydrogen-bond acceptors (Lipinski definition) is 4. The molecule has 0 aliphatic carbocycles. The standard InChI is InChI=1S/C12H12N4S/c1-9-3-2-5-16-11(9)14-12(15-16)13-7-10-4-6-17-8-10/h2-6,8H,7H2,1H3,(H,13,15). The third kappa shape index (κ3) is 2.01. The van der Waals surface area contributed by atoms with E-state index in [4.69, 9.17) is 0 Å². The minimum absolute atomic E-state index is 0.672. The number of fused-ring (bicyclic) bond motifs is 1. The molecule has 3 rings (SSSR count). The van der Waals surface area contributed by atoms with Gasteiger partial charge in [0.05, 0.1) is 0 Å². The molecule has 0 aromatic carbocycles. The highest BCUT2D eigenvalue weighted by atomic mass is 32.1. The Balaban J connectivity index is 1.84. The van der Waals surface area contributed by atoms with Crippen molar-refractivity contribution in [1.29, 1.82) is 0 Å². The highest BCUT2D eigenvalue weighted by molar-refractivity contribution is 7.07. The molecule has 3 aromatic heterocycles. The van der Waals surface area contributed by atoms with Gasteiger partial charge in [0, 0.05) is 12.7 Å². The van der Waals surface area contributed by atoms with Crippen molar-refractivity contribution in [3.05, 3.63) is 46.3 Å². The van der Waals surface area contributed by atoms with Crippen LogP contribution in [0.15, 0.2) is 35.2 Å². The van der Waals surface area contributed by atoms with E-state index in [0.717, 1.165) is 17.8 Å². The number of aryl methyl sites for hydroxylation is 1. The minimum Gasteiger partial charge on any atom is -0.349 e. The molecule has 3 heterocycles. The summed E-state index contributed by atoms with van der Waals surface area (Å²) in [7, 11) is 0. The third-order valence-corrected chi connectivity index (χ3v) is 3.32. The van der Waals surface area contributed by atoms with Crippen LogP contribution in [-0.2, 0) is 6.54 Å². The predicted octanol–water partition coefficient (Wildman–Crippen LogP) is 2.71. The predicted molar refractivity (Wildman–Crippen MR) is 69.4 cm³/mol. The van der Waals surface area contributed by atoms with Crippen molar-refractivity contribution in [3.8, 4) is 0 Å². The van der Waals surface area contributed by atoms with Gasteiger partial charge < -0.3 is 5.32 Å². The molecule has 0 bridgehead atoms. The van der Waals surface area contributed by atoms with E-state index >= 15 is 0 Å². The van der Waals surface area contributed by atoms with E-state index in [-0.39, 0.29) is 0 Å². The molecule has 0 unspecified atom stereocenters. The lowest BCUT2D eigenvalue weighted by atomic mass is 10.3. The number of hydrogen-bond donors (Lipinski definition) is 1. The molecule has 1 N–H and O–H groups in total. The van der Waals surface area contributed by atoms with Gasteiger partial charge in [-0.1, -0.05) is 6.07 Å². The van der Waals surface area contributed by atoms with Crippen LogP contribution < -0.4 is 5.32 Å². The fourth-order valence-electron chi connectivity index (χ4n) is 1.69. The zero-order valence-electron chi connectivity index (χ0n) is 9.42. The van der Waals surface area contributed by atoms with Crippen molar-refractivity contribution in [3.63, 3.8) is 0 Å². The van der Waals surface area contributed by atoms with Gasteiger partial charge in [0.2, 0.25) is 5.95 Å². The van der Waals surface area contributed by atoms with Crippen LogP contribution in [0.25, 0.3) is 5.65 Å². The van der Waals surface area contributed by atoms with Crippen LogP contribution in [-0.4, -0.2) is 14.6 Å². The maximum atomic E-state index is 4.46. The molecule has 0 aliphatic heterocycles. The number of aromatic nitrogens is 3. The summed E-state index contributed by atoms with van der Waals surface area (Å²) in [6, 6.07) is 6.10. The molecule has 0 saturated carbocycles. The van der Waals surface area contributed by atoms with Crippen molar-refractivity contribution in [2.45, 2.75) is 13.5 Å². The van der Waals surface area contributed by atoms with Crippen molar-refractivity contribution in [2.24, 2.45) is 0 Å². The first-order valence-electron chi connectivity index (χ1n) is 5.40. The van der Waals surface area contributed by atoms with Crippen LogP contribution in [0.3, 0.4) is 0 Å². The van der Waals surface area contributed by atoms with Gasteiger partial charge in [-0.05, 0) is 40.9 Å². The van der Waals surface area contributed by atoms with Crippen molar-refractivity contribution in [1.82, 2.24) is 14.6 Å². The van der Waals surface area contributed by atoms with Gasteiger partial charge in [-0.3, -0.25) is 0 Å². The average molecular weight is 244 g/mol. The van der Waals surface area contributed by atoms with Crippen LogP contribution in [0.4, 0.5) is 5.95 Å². The quantitative estimate of drug-likeness (QED) is 0.770. The van der Waals surface area contributed by atoms with Gasteiger partial charge in [-0.2, -0.15) is 16.3 Å². The van der Waals surface area contributed by atoms with Gasteiger partial charge in [-0.15, -0.1) is 5.10 Å². The number of anilines is 1. The lowest BCUT2D eigenvalue weighted by molar-refractivity contribution is 0.947. The molecule has 0 fully saturated rings. The largest absolute Gasteiger partial charge is 0.349 e. The Bertz CT molecular complexity index is 627. The van der Waals surface area contributed by atoms with Gasteiger partial charge in [0.25, 0.3) is 0 Å². The summed E-state index contributed by atoms with van der Waals surface area (Å²) >= 11 is 1.70. The normalized spacial score (nSPS) is 10.9. The molecular formula is C12H12N4S. The first-order chi connectivity index (χ1) is 8.33. The molecule has 17 heavy (non-hydrogen) atoms. The van der Waals surface area contributed by atoms with Crippen LogP contribution >= 0.6 is 11.3 Å². The fourth-order valence-corrected chi connectivity index (χ4v) is 2.36. The number of nitrogens with one attached hydrogen (secondary N) is 1. The van der Waals surface area contributed by atoms with E-state index < -0.39 is 0 Å². The molecule has 0 radical (unpaired) electrons. The van der Waals surface area contributed by atoms with Gasteiger partial charge in [0.1, 0.15) is 0 Å². The summed E-state index contributed by atoms with van der Waals surface area (Å²) < 4.78 is 1.80. The molecule has 0 aliphatic rings. The molecule has 0 amide bonds. The summed E-state index contributed by atoms with van der Waals surface area (Å²) in [5.74, 6) is 0.672. The SMILES string of the molecule is Cc1cccn2nc(NCc3ccsc3)nc12. The van der Waals surface area contributed by atoms with Crippen molar-refractivity contribution < 1.29 is 0 Å². The maximum Gasteiger partial charge on any atom is 0.243 e. The van der Waals surface area contributed by atoms with Crippen LogP contribution in [0.2, 0.25) is 0 Å². The zero-order valence-corrected chi connectivity index (χ0v) is 10.2. The first kappa shape index (κ1) is 10.3. The smallest absolute Gasteiger partial charge is 0.243 e. The monoisotopic (exact) mass is 244 g/mol. The third-order valence-electron chi connectivity index (χ3n) is 2.59. The van der Waals surface area contributed by atoms with E-state index in [9.17, 15) is 0 Å². The first-order valence-corrected chi connectivity index (χ1v) is 6.34. The Morgan fingerprint density at radius 1 is 1.41 bits per heavy atom. The highest BCUT2D eigenvalue weighted by Gasteiger charge is 2.04. The summed E-state index contributed by atoms with van der Waals surface area (Å²) in [5.41, 5.74) is 3.29. The summed E-state index contributed by atoms with van der Waals surface area (Å²) in [5, 5.41) is 11.8. The lowest BCUT2D eigenvalue weighted by Gasteiger charge is -1.97. The van der Waals surface area contributed by atoms with Gasteiger partial charge in [-0.25, -0.2) is 4.52 Å². The summed E-state index contributed by atoms with van der Waals surface area (Å²) in [6.45, 7) is 2.80. The fraction of sp³-hybridized carbons (Fsp3) is 0.167. The van der Waals surface area contributed by atoms with Crippen LogP contribution in [0.5, 0.6) is 0 Å². The number of pyridine rings is 1. The molecule has 4 nitrogen and oxygen atoms in total. The van der Waals surface area contributed by atoms with Crippen molar-refractivity contribution in [2.75, 3.05) is 5.32 Å². The van der Waals surface area contributed by atoms with E-state index in [1.54, 1.807) is 15.9 Å². The Labute approximate surface area is 103 Å². The molecule has 5 heteroatoms. The van der Waals surface area contributed by atoms with E-state index in [0.29, 0.717) is 5.95 Å². The minimum atomic E-state index is 0.672. The van der Waals surface area contributed by atoms with E-state index in [2.05, 4.69) is 32.2 Å². The number of rotatable bonds is 3. The highest BCUT2D eigenvalue weighted by Crippen LogP contribution is 2.12. The van der Waals surface area contributed by atoms with E-state index in [1.807, 2.05) is 25.3 Å². The Kier molecular flexibility index (Phi) is 2.53. The number of nitrogens with zero attached hydrogens (tertiary/aromatic N) is 3. The summed E-state index contributed by atoms with van der Waals surface area (Å²) in [6.07, 6.45) is 1.91. The second-order valence-corrected chi connectivity index (χ2v) is 4.66. The van der Waals surface area contributed by atoms with Gasteiger partial charge in [0.15, 0.2) is 5.65 Å². The molecular weight excluding hydrogens is 232 g/mol. The molecule has 0 atom stereocenters. The topological polar surface area (TPSA) is 42.2 Å². The Morgan fingerprint density at radius 3 is 3.12 bits per heavy atom. The van der Waals surface area contributed by atoms with Crippen LogP contribution in [0, 0.1) is 6.92 Å². The van der Waals surface area contributed by atoms with E-state index in [1.165, 1.54) is 5.56 Å². The number of thiophene rings is 1.